The molecule has 4 aromatic rings. The molecule has 0 bridgehead atoms. The van der Waals surface area contributed by atoms with Crippen molar-refractivity contribution in [1.82, 2.24) is 4.90 Å². The topological polar surface area (TPSA) is 37.4 Å². The third kappa shape index (κ3) is 4.51. The van der Waals surface area contributed by atoms with Crippen molar-refractivity contribution in [3.63, 3.8) is 0 Å². The van der Waals surface area contributed by atoms with E-state index in [9.17, 15) is 9.59 Å². The van der Waals surface area contributed by atoms with E-state index in [0.29, 0.717) is 22.2 Å². The summed E-state index contributed by atoms with van der Waals surface area (Å²) < 4.78 is 1.36. The number of fused-ring (bicyclic) bond motifs is 1. The van der Waals surface area contributed by atoms with Gasteiger partial charge in [-0.1, -0.05) is 27.2 Å². The molecule has 0 spiro atoms. The van der Waals surface area contributed by atoms with Gasteiger partial charge in [0.25, 0.3) is 11.8 Å². The number of carbonyl (C=O) groups excluding carboxylic acids is 2. The van der Waals surface area contributed by atoms with Crippen LogP contribution in [0, 0.1) is 0 Å². The van der Waals surface area contributed by atoms with Gasteiger partial charge >= 0.3 is 0 Å². The Balaban J connectivity index is 1.35. The summed E-state index contributed by atoms with van der Waals surface area (Å²) in [6.07, 6.45) is 1.81. The number of imide groups is 1. The molecule has 0 saturated heterocycles. The van der Waals surface area contributed by atoms with Crippen LogP contribution in [0.1, 0.15) is 53.6 Å². The lowest BCUT2D eigenvalue weighted by Gasteiger charge is -2.12. The molecule has 3 nitrogen and oxygen atoms in total. The smallest absolute Gasteiger partial charge is 0.271 e. The number of thiophene rings is 4. The number of carbonyl (C=O) groups is 2. The number of hydrogen-bond donors (Lipinski definition) is 0. The molecular weight excluding hydrogens is 507 g/mol. The highest BCUT2D eigenvalue weighted by Crippen LogP contribution is 2.45. The molecule has 1 aliphatic heterocycles. The first-order valence-electron chi connectivity index (χ1n) is 10.9. The fourth-order valence-corrected chi connectivity index (χ4v) is 9.42. The summed E-state index contributed by atoms with van der Waals surface area (Å²) in [7, 11) is 0. The molecule has 4 aromatic heterocycles. The molecule has 5 heterocycles. The zero-order valence-electron chi connectivity index (χ0n) is 18.5. The van der Waals surface area contributed by atoms with Gasteiger partial charge in [-0.05, 0) is 48.9 Å². The Labute approximate surface area is 214 Å². The summed E-state index contributed by atoms with van der Waals surface area (Å²) in [6, 6.07) is 15.0. The SMILES string of the molecule is CCCCN1C(=O)c2cc(-c3ccc(-c4ccc(-c5ccc(SC(C)C)s5)s4)s3)sc2C1=O. The van der Waals surface area contributed by atoms with Gasteiger partial charge in [0.1, 0.15) is 4.88 Å². The van der Waals surface area contributed by atoms with Crippen LogP contribution in [0.2, 0.25) is 0 Å². The van der Waals surface area contributed by atoms with Gasteiger partial charge < -0.3 is 0 Å². The van der Waals surface area contributed by atoms with Crippen molar-refractivity contribution in [2.24, 2.45) is 0 Å². The fraction of sp³-hybridized carbons (Fsp3) is 0.280. The van der Waals surface area contributed by atoms with Crippen molar-refractivity contribution in [3.8, 4) is 29.3 Å². The highest BCUT2D eigenvalue weighted by molar-refractivity contribution is 8.01. The lowest BCUT2D eigenvalue weighted by atomic mass is 10.2. The molecule has 0 aromatic carbocycles. The number of amides is 2. The van der Waals surface area contributed by atoms with Crippen LogP contribution in [0.3, 0.4) is 0 Å². The minimum atomic E-state index is -0.142. The van der Waals surface area contributed by atoms with E-state index >= 15 is 0 Å². The van der Waals surface area contributed by atoms with E-state index in [0.717, 1.165) is 22.6 Å². The van der Waals surface area contributed by atoms with Gasteiger partial charge in [-0.15, -0.1) is 57.1 Å². The Bertz CT molecular complexity index is 1290. The highest BCUT2D eigenvalue weighted by atomic mass is 32.2. The van der Waals surface area contributed by atoms with Crippen LogP contribution in [-0.2, 0) is 0 Å². The number of nitrogens with zero attached hydrogens (tertiary/aromatic N) is 1. The Morgan fingerprint density at radius 2 is 1.36 bits per heavy atom. The Kier molecular flexibility index (Phi) is 6.64. The zero-order valence-corrected chi connectivity index (χ0v) is 22.6. The second kappa shape index (κ2) is 9.50. The second-order valence-electron chi connectivity index (χ2n) is 8.08. The van der Waals surface area contributed by atoms with Gasteiger partial charge in [0.05, 0.1) is 9.77 Å². The van der Waals surface area contributed by atoms with Crippen LogP contribution in [-0.4, -0.2) is 28.5 Å². The summed E-state index contributed by atoms with van der Waals surface area (Å²) in [5.41, 5.74) is 0.567. The number of hydrogen-bond acceptors (Lipinski definition) is 7. The van der Waals surface area contributed by atoms with Gasteiger partial charge in [-0.3, -0.25) is 14.5 Å². The van der Waals surface area contributed by atoms with E-state index in [2.05, 4.69) is 57.2 Å². The molecule has 5 rings (SSSR count). The van der Waals surface area contributed by atoms with Crippen LogP contribution in [0.4, 0.5) is 0 Å². The molecule has 1 aliphatic rings. The molecule has 0 aliphatic carbocycles. The maximum Gasteiger partial charge on any atom is 0.271 e. The fourth-order valence-electron chi connectivity index (χ4n) is 3.66. The predicted octanol–water partition coefficient (Wildman–Crippen LogP) is 8.83. The molecule has 0 fully saturated rings. The minimum absolute atomic E-state index is 0.134. The molecule has 170 valence electrons. The van der Waals surface area contributed by atoms with Crippen molar-refractivity contribution in [3.05, 3.63) is 52.9 Å². The van der Waals surface area contributed by atoms with Crippen LogP contribution in [0.15, 0.2) is 46.7 Å². The predicted molar refractivity (Wildman–Crippen MR) is 146 cm³/mol. The monoisotopic (exact) mass is 529 g/mol. The molecule has 0 radical (unpaired) electrons. The molecule has 8 heteroatoms. The van der Waals surface area contributed by atoms with Crippen LogP contribution in [0.5, 0.6) is 0 Å². The van der Waals surface area contributed by atoms with E-state index in [1.165, 1.54) is 40.0 Å². The third-order valence-corrected chi connectivity index (χ3v) is 11.4. The normalized spacial score (nSPS) is 13.5. The maximum atomic E-state index is 12.7. The highest BCUT2D eigenvalue weighted by Gasteiger charge is 2.37. The summed E-state index contributed by atoms with van der Waals surface area (Å²) >= 11 is 8.74. The number of unbranched alkanes of at least 4 members (excludes halogenated alkanes) is 1. The summed E-state index contributed by atoms with van der Waals surface area (Å²) in [6.45, 7) is 7.01. The van der Waals surface area contributed by atoms with E-state index in [1.807, 2.05) is 40.5 Å². The van der Waals surface area contributed by atoms with E-state index in [4.69, 9.17) is 0 Å². The van der Waals surface area contributed by atoms with E-state index < -0.39 is 0 Å². The van der Waals surface area contributed by atoms with Crippen LogP contribution >= 0.6 is 57.1 Å². The summed E-state index contributed by atoms with van der Waals surface area (Å²) in [5, 5.41) is 0.587. The van der Waals surface area contributed by atoms with Gasteiger partial charge in [-0.2, -0.15) is 0 Å². The van der Waals surface area contributed by atoms with Gasteiger partial charge in [0.15, 0.2) is 0 Å². The summed E-state index contributed by atoms with van der Waals surface area (Å²) in [4.78, 5) is 34.6. The number of rotatable bonds is 8. The van der Waals surface area contributed by atoms with E-state index in [-0.39, 0.29) is 11.8 Å². The van der Waals surface area contributed by atoms with Crippen molar-refractivity contribution in [2.45, 2.75) is 43.1 Å². The number of thioether (sulfide) groups is 1. The molecule has 2 amide bonds. The first-order valence-corrected chi connectivity index (χ1v) is 15.1. The quantitative estimate of drug-likeness (QED) is 0.169. The average Bonchev–Trinajstić information content (AvgIpc) is 3.58. The van der Waals surface area contributed by atoms with Crippen LogP contribution < -0.4 is 0 Å². The Morgan fingerprint density at radius 3 is 1.94 bits per heavy atom. The standard InChI is InChI=1S/C25H23NO2S5/c1-4-5-12-26-24(27)15-13-21(33-23(15)25(26)28)20-9-8-17(31-20)16-6-7-18(30-16)19-10-11-22(32-19)29-14(2)3/h6-11,13-14H,4-5,12H2,1-3H3. The van der Waals surface area contributed by atoms with Crippen molar-refractivity contribution in [2.75, 3.05) is 6.54 Å². The van der Waals surface area contributed by atoms with Crippen molar-refractivity contribution >= 4 is 68.9 Å². The molecule has 0 atom stereocenters. The maximum absolute atomic E-state index is 12.7. The first kappa shape index (κ1) is 23.1. The zero-order chi connectivity index (χ0) is 23.1. The summed E-state index contributed by atoms with van der Waals surface area (Å²) in [5.74, 6) is -0.276. The molecule has 0 N–H and O–H groups in total. The Hall–Kier alpha value is -1.71. The minimum Gasteiger partial charge on any atom is -0.274 e. The van der Waals surface area contributed by atoms with Gasteiger partial charge in [-0.25, -0.2) is 0 Å². The molecule has 33 heavy (non-hydrogen) atoms. The van der Waals surface area contributed by atoms with Crippen molar-refractivity contribution < 1.29 is 9.59 Å². The van der Waals surface area contributed by atoms with Gasteiger partial charge in [0.2, 0.25) is 0 Å². The van der Waals surface area contributed by atoms with Crippen molar-refractivity contribution in [1.29, 1.82) is 0 Å². The average molecular weight is 530 g/mol. The third-order valence-electron chi connectivity index (χ3n) is 5.26. The molecule has 0 saturated carbocycles. The van der Waals surface area contributed by atoms with E-state index in [1.54, 1.807) is 11.3 Å². The van der Waals surface area contributed by atoms with Crippen LogP contribution in [0.25, 0.3) is 29.3 Å². The Morgan fingerprint density at radius 1 is 0.788 bits per heavy atom. The largest absolute Gasteiger partial charge is 0.274 e. The molecular formula is C25H23NO2S5. The first-order chi connectivity index (χ1) is 15.9. The molecule has 0 unspecified atom stereocenters. The van der Waals surface area contributed by atoms with Gasteiger partial charge in [0, 0.05) is 41.1 Å². The lowest BCUT2D eigenvalue weighted by Crippen LogP contribution is -2.30. The second-order valence-corrected chi connectivity index (χ2v) is 14.3. The lowest BCUT2D eigenvalue weighted by molar-refractivity contribution is 0.0653.